The predicted molar refractivity (Wildman–Crippen MR) is 129 cm³/mol. The summed E-state index contributed by atoms with van der Waals surface area (Å²) in [5, 5.41) is 10.4. The van der Waals surface area contributed by atoms with Crippen molar-refractivity contribution in [2.24, 2.45) is 0 Å². The Labute approximate surface area is 198 Å². The smallest absolute Gasteiger partial charge is 0.174 e. The summed E-state index contributed by atoms with van der Waals surface area (Å²) in [7, 11) is 1.65. The highest BCUT2D eigenvalue weighted by molar-refractivity contribution is 6.35. The second-order valence-corrected chi connectivity index (χ2v) is 7.94. The first-order valence-corrected chi connectivity index (χ1v) is 10.9. The average molecular weight is 459 g/mol. The number of hydrogen-bond donors (Lipinski definition) is 0. The predicted octanol–water partition coefficient (Wildman–Crippen LogP) is 6.41. The number of para-hydroxylation sites is 2. The van der Waals surface area contributed by atoms with Gasteiger partial charge in [-0.1, -0.05) is 60.1 Å². The van der Waals surface area contributed by atoms with Crippen molar-refractivity contribution in [2.75, 3.05) is 13.7 Å². The van der Waals surface area contributed by atoms with Crippen LogP contribution >= 0.6 is 11.6 Å². The molecule has 0 saturated carbocycles. The summed E-state index contributed by atoms with van der Waals surface area (Å²) in [4.78, 5) is 4.76. The minimum absolute atomic E-state index is 0.00975. The lowest BCUT2D eigenvalue weighted by atomic mass is 10.0. The largest absolute Gasteiger partial charge is 0.489 e. The number of benzene rings is 3. The normalized spacial score (nSPS) is 11.7. The molecule has 3 aromatic carbocycles. The number of aromatic nitrogens is 1. The van der Waals surface area contributed by atoms with E-state index in [4.69, 9.17) is 36.1 Å². The Bertz CT molecular complexity index is 1320. The molecule has 0 fully saturated rings. The molecule has 5 nitrogen and oxygen atoms in total. The molecule has 1 aromatic heterocycles. The zero-order valence-electron chi connectivity index (χ0n) is 18.4. The molecule has 0 aliphatic carbocycles. The molecule has 1 atom stereocenters. The van der Waals surface area contributed by atoms with Crippen LogP contribution in [0.1, 0.15) is 28.5 Å². The van der Waals surface area contributed by atoms with E-state index in [2.05, 4.69) is 0 Å². The monoisotopic (exact) mass is 458 g/mol. The lowest BCUT2D eigenvalue weighted by Crippen LogP contribution is -2.07. The molecular weight excluding hydrogens is 436 g/mol. The summed E-state index contributed by atoms with van der Waals surface area (Å²) < 4.78 is 17.5. The Balaban J connectivity index is 1.58. The fraction of sp³-hybridized carbons (Fsp3) is 0.185. The molecule has 0 bridgehead atoms. The van der Waals surface area contributed by atoms with Crippen molar-refractivity contribution in [3.63, 3.8) is 0 Å². The van der Waals surface area contributed by atoms with E-state index < -0.39 is 6.10 Å². The van der Waals surface area contributed by atoms with Gasteiger partial charge in [0.1, 0.15) is 30.3 Å². The molecule has 0 amide bonds. The van der Waals surface area contributed by atoms with E-state index in [-0.39, 0.29) is 6.61 Å². The number of fused-ring (bicyclic) bond motifs is 1. The Morgan fingerprint density at radius 2 is 1.82 bits per heavy atom. The van der Waals surface area contributed by atoms with Crippen LogP contribution in [-0.4, -0.2) is 18.7 Å². The molecule has 0 aliphatic heterocycles. The van der Waals surface area contributed by atoms with Crippen molar-refractivity contribution >= 4 is 22.5 Å². The van der Waals surface area contributed by atoms with Crippen LogP contribution < -0.4 is 9.47 Å². The lowest BCUT2D eigenvalue weighted by Gasteiger charge is -2.18. The molecule has 166 valence electrons. The molecule has 4 aromatic rings. The van der Waals surface area contributed by atoms with Gasteiger partial charge in [0.2, 0.25) is 0 Å². The number of nitriles is 1. The second kappa shape index (κ2) is 10.4. The summed E-state index contributed by atoms with van der Waals surface area (Å²) in [5.74, 6) is 1.37. The summed E-state index contributed by atoms with van der Waals surface area (Å²) in [6.45, 7) is 2.25. The third kappa shape index (κ3) is 5.09. The number of aryl methyl sites for hydroxylation is 1. The van der Waals surface area contributed by atoms with Crippen molar-refractivity contribution < 1.29 is 14.2 Å². The molecule has 4 rings (SSSR count). The number of pyridine rings is 1. The van der Waals surface area contributed by atoms with E-state index in [1.807, 2.05) is 85.8 Å². The third-order valence-electron chi connectivity index (χ3n) is 5.32. The minimum Gasteiger partial charge on any atom is -0.489 e. The van der Waals surface area contributed by atoms with Crippen LogP contribution in [0.15, 0.2) is 72.8 Å². The zero-order chi connectivity index (χ0) is 23.2. The van der Waals surface area contributed by atoms with Crippen LogP contribution in [0, 0.1) is 18.3 Å². The highest BCUT2D eigenvalue weighted by Crippen LogP contribution is 2.32. The molecule has 33 heavy (non-hydrogen) atoms. The number of methoxy groups -OCH3 is 1. The molecule has 0 saturated heterocycles. The molecule has 0 spiro atoms. The summed E-state index contributed by atoms with van der Waals surface area (Å²) in [5.41, 5.74) is 4.28. The van der Waals surface area contributed by atoms with E-state index in [1.165, 1.54) is 0 Å². The van der Waals surface area contributed by atoms with Gasteiger partial charge in [-0.3, -0.25) is 0 Å². The summed E-state index contributed by atoms with van der Waals surface area (Å²) in [6, 6.07) is 25.2. The van der Waals surface area contributed by atoms with Crippen molar-refractivity contribution in [3.8, 4) is 17.6 Å². The van der Waals surface area contributed by atoms with Crippen LogP contribution in [0.25, 0.3) is 10.9 Å². The Kier molecular flexibility index (Phi) is 7.09. The Hall–Kier alpha value is -3.59. The van der Waals surface area contributed by atoms with E-state index in [0.29, 0.717) is 23.1 Å². The highest BCUT2D eigenvalue weighted by atomic mass is 35.5. The minimum atomic E-state index is -0.399. The van der Waals surface area contributed by atoms with Gasteiger partial charge in [-0.2, -0.15) is 5.26 Å². The topological polar surface area (TPSA) is 64.4 Å². The molecule has 0 aliphatic rings. The van der Waals surface area contributed by atoms with Gasteiger partial charge in [0.15, 0.2) is 6.61 Å². The third-order valence-corrected chi connectivity index (χ3v) is 5.63. The summed E-state index contributed by atoms with van der Waals surface area (Å²) >= 11 is 6.51. The van der Waals surface area contributed by atoms with Crippen molar-refractivity contribution in [3.05, 3.63) is 100 Å². The van der Waals surface area contributed by atoms with Crippen LogP contribution in [0.4, 0.5) is 0 Å². The molecule has 1 unspecified atom stereocenters. The average Bonchev–Trinajstić information content (AvgIpc) is 2.83. The molecule has 0 radical (unpaired) electrons. The standard InChI is InChI=1S/C27H23ClN2O3/c1-18-7-5-9-20(26(18)32-14-13-29)17-33-21-10-6-8-19(15-21)27(31-2)25-16-23(28)22-11-3-4-12-24(22)30-25/h3-12,15-16,27H,14,17H2,1-2H3. The second-order valence-electron chi connectivity index (χ2n) is 7.53. The van der Waals surface area contributed by atoms with Gasteiger partial charge >= 0.3 is 0 Å². The first-order valence-electron chi connectivity index (χ1n) is 10.5. The Morgan fingerprint density at radius 1 is 1.00 bits per heavy atom. The lowest BCUT2D eigenvalue weighted by molar-refractivity contribution is 0.133. The van der Waals surface area contributed by atoms with E-state index >= 15 is 0 Å². The van der Waals surface area contributed by atoms with Crippen molar-refractivity contribution in [1.29, 1.82) is 5.26 Å². The van der Waals surface area contributed by atoms with Crippen LogP contribution in [-0.2, 0) is 11.3 Å². The van der Waals surface area contributed by atoms with Crippen LogP contribution in [0.2, 0.25) is 5.02 Å². The maximum atomic E-state index is 8.86. The van der Waals surface area contributed by atoms with Gasteiger partial charge in [0, 0.05) is 18.1 Å². The molecule has 1 heterocycles. The fourth-order valence-electron chi connectivity index (χ4n) is 3.78. The zero-order valence-corrected chi connectivity index (χ0v) is 19.2. The highest BCUT2D eigenvalue weighted by Gasteiger charge is 2.18. The van der Waals surface area contributed by atoms with Gasteiger partial charge in [0.25, 0.3) is 0 Å². The number of rotatable bonds is 8. The van der Waals surface area contributed by atoms with E-state index in [0.717, 1.165) is 33.3 Å². The Morgan fingerprint density at radius 3 is 2.64 bits per heavy atom. The van der Waals surface area contributed by atoms with E-state index in [1.54, 1.807) is 7.11 Å². The summed E-state index contributed by atoms with van der Waals surface area (Å²) in [6.07, 6.45) is -0.399. The number of halogens is 1. The maximum absolute atomic E-state index is 8.86. The van der Waals surface area contributed by atoms with Gasteiger partial charge in [-0.15, -0.1) is 0 Å². The van der Waals surface area contributed by atoms with E-state index in [9.17, 15) is 0 Å². The van der Waals surface area contributed by atoms with Crippen molar-refractivity contribution in [2.45, 2.75) is 19.6 Å². The number of hydrogen-bond acceptors (Lipinski definition) is 5. The van der Waals surface area contributed by atoms with Crippen LogP contribution in [0.5, 0.6) is 11.5 Å². The van der Waals surface area contributed by atoms with Crippen LogP contribution in [0.3, 0.4) is 0 Å². The maximum Gasteiger partial charge on any atom is 0.174 e. The van der Waals surface area contributed by atoms with Gasteiger partial charge in [-0.25, -0.2) is 4.98 Å². The fourth-order valence-corrected chi connectivity index (χ4v) is 4.05. The van der Waals surface area contributed by atoms with Gasteiger partial charge in [0.05, 0.1) is 16.2 Å². The first kappa shape index (κ1) is 22.6. The molecule has 0 N–H and O–H groups in total. The number of ether oxygens (including phenoxy) is 3. The quantitative estimate of drug-likeness (QED) is 0.305. The van der Waals surface area contributed by atoms with Gasteiger partial charge in [-0.05, 0) is 42.3 Å². The van der Waals surface area contributed by atoms with Gasteiger partial charge < -0.3 is 14.2 Å². The molecule has 6 heteroatoms. The van der Waals surface area contributed by atoms with Crippen molar-refractivity contribution in [1.82, 2.24) is 4.98 Å². The SMILES string of the molecule is COC(c1cccc(OCc2cccc(C)c2OCC#N)c1)c1cc(Cl)c2ccccc2n1. The first-order chi connectivity index (χ1) is 16.1. The molecular formula is C27H23ClN2O3. The number of nitrogens with zero attached hydrogens (tertiary/aromatic N) is 2.